The lowest BCUT2D eigenvalue weighted by atomic mass is 10.1. The summed E-state index contributed by atoms with van der Waals surface area (Å²) in [4.78, 5) is 0.874. The van der Waals surface area contributed by atoms with Gasteiger partial charge in [-0.25, -0.2) is 4.39 Å². The second-order valence-corrected chi connectivity index (χ2v) is 5.65. The van der Waals surface area contributed by atoms with Crippen LogP contribution < -0.4 is 5.73 Å². The molecule has 0 heterocycles. The molecule has 1 aromatic carbocycles. The molecule has 5 heteroatoms. The fourth-order valence-corrected chi connectivity index (χ4v) is 3.50. The Hall–Kier alpha value is -1.23. The van der Waals surface area contributed by atoms with Gasteiger partial charge in [0, 0.05) is 16.2 Å². The number of benzene rings is 1. The van der Waals surface area contributed by atoms with E-state index in [2.05, 4.69) is 5.16 Å². The maximum absolute atomic E-state index is 13.2. The molecule has 1 aromatic rings. The van der Waals surface area contributed by atoms with Gasteiger partial charge in [0.2, 0.25) is 0 Å². The Morgan fingerprint density at radius 2 is 2.17 bits per heavy atom. The SMILES string of the molecule is NC(=NO)c1cc(F)ccc1SCC1CCCC1. The van der Waals surface area contributed by atoms with Gasteiger partial charge < -0.3 is 10.9 Å². The van der Waals surface area contributed by atoms with Gasteiger partial charge in [-0.3, -0.25) is 0 Å². The summed E-state index contributed by atoms with van der Waals surface area (Å²) in [5, 5.41) is 11.7. The zero-order valence-corrected chi connectivity index (χ0v) is 10.9. The lowest BCUT2D eigenvalue weighted by Crippen LogP contribution is -2.14. The molecular weight excluding hydrogens is 251 g/mol. The number of nitrogens with zero attached hydrogens (tertiary/aromatic N) is 1. The topological polar surface area (TPSA) is 58.6 Å². The van der Waals surface area contributed by atoms with Gasteiger partial charge in [-0.05, 0) is 37.0 Å². The van der Waals surface area contributed by atoms with Gasteiger partial charge in [-0.15, -0.1) is 11.8 Å². The lowest BCUT2D eigenvalue weighted by Gasteiger charge is -2.11. The number of rotatable bonds is 4. The van der Waals surface area contributed by atoms with E-state index >= 15 is 0 Å². The maximum atomic E-state index is 13.2. The van der Waals surface area contributed by atoms with Crippen LogP contribution in [0.4, 0.5) is 4.39 Å². The molecule has 98 valence electrons. The van der Waals surface area contributed by atoms with Crippen LogP contribution in [-0.2, 0) is 0 Å². The molecule has 0 aliphatic heterocycles. The number of hydrogen-bond acceptors (Lipinski definition) is 3. The monoisotopic (exact) mass is 268 g/mol. The van der Waals surface area contributed by atoms with Gasteiger partial charge in [0.25, 0.3) is 0 Å². The van der Waals surface area contributed by atoms with Crippen molar-refractivity contribution < 1.29 is 9.60 Å². The van der Waals surface area contributed by atoms with Gasteiger partial charge in [0.15, 0.2) is 5.84 Å². The predicted octanol–water partition coefficient (Wildman–Crippen LogP) is 3.20. The molecule has 0 saturated heterocycles. The van der Waals surface area contributed by atoms with Crippen LogP contribution in [-0.4, -0.2) is 16.8 Å². The summed E-state index contributed by atoms with van der Waals surface area (Å²) in [6.07, 6.45) is 5.16. The van der Waals surface area contributed by atoms with Gasteiger partial charge in [0.05, 0.1) is 0 Å². The third-order valence-electron chi connectivity index (χ3n) is 3.27. The van der Waals surface area contributed by atoms with Crippen molar-refractivity contribution in [1.29, 1.82) is 0 Å². The maximum Gasteiger partial charge on any atom is 0.171 e. The summed E-state index contributed by atoms with van der Waals surface area (Å²) in [5.41, 5.74) is 6.04. The highest BCUT2D eigenvalue weighted by Crippen LogP contribution is 2.32. The second kappa shape index (κ2) is 6.09. The molecule has 0 atom stereocenters. The fourth-order valence-electron chi connectivity index (χ4n) is 2.27. The Morgan fingerprint density at radius 3 is 2.83 bits per heavy atom. The third-order valence-corrected chi connectivity index (χ3v) is 4.58. The smallest absolute Gasteiger partial charge is 0.171 e. The van der Waals surface area contributed by atoms with E-state index in [0.29, 0.717) is 5.56 Å². The first-order valence-corrected chi connectivity index (χ1v) is 7.09. The Kier molecular flexibility index (Phi) is 4.47. The van der Waals surface area contributed by atoms with Crippen LogP contribution in [0.5, 0.6) is 0 Å². The summed E-state index contributed by atoms with van der Waals surface area (Å²) < 4.78 is 13.2. The highest BCUT2D eigenvalue weighted by molar-refractivity contribution is 7.99. The Labute approximate surface area is 110 Å². The first-order valence-electron chi connectivity index (χ1n) is 6.11. The molecule has 0 aromatic heterocycles. The zero-order chi connectivity index (χ0) is 13.0. The van der Waals surface area contributed by atoms with Gasteiger partial charge in [-0.2, -0.15) is 0 Å². The summed E-state index contributed by atoms with van der Waals surface area (Å²) in [6, 6.07) is 4.42. The van der Waals surface area contributed by atoms with E-state index in [9.17, 15) is 4.39 Å². The van der Waals surface area contributed by atoms with Crippen LogP contribution in [0, 0.1) is 11.7 Å². The van der Waals surface area contributed by atoms with Crippen LogP contribution >= 0.6 is 11.8 Å². The molecule has 0 spiro atoms. The zero-order valence-electron chi connectivity index (χ0n) is 10.1. The highest BCUT2D eigenvalue weighted by atomic mass is 32.2. The highest BCUT2D eigenvalue weighted by Gasteiger charge is 2.16. The van der Waals surface area contributed by atoms with E-state index in [1.54, 1.807) is 17.8 Å². The molecule has 0 unspecified atom stereocenters. The summed E-state index contributed by atoms with van der Waals surface area (Å²) in [6.45, 7) is 0. The van der Waals surface area contributed by atoms with Crippen molar-refractivity contribution >= 4 is 17.6 Å². The number of hydrogen-bond donors (Lipinski definition) is 2. The molecule has 0 bridgehead atoms. The average Bonchev–Trinajstić information content (AvgIpc) is 2.89. The number of amidine groups is 1. The van der Waals surface area contributed by atoms with Gasteiger partial charge in [0.1, 0.15) is 5.82 Å². The van der Waals surface area contributed by atoms with Crippen molar-refractivity contribution in [3.63, 3.8) is 0 Å². The minimum Gasteiger partial charge on any atom is -0.409 e. The quantitative estimate of drug-likeness (QED) is 0.290. The molecule has 1 fully saturated rings. The minimum atomic E-state index is -0.373. The largest absolute Gasteiger partial charge is 0.409 e. The molecule has 3 nitrogen and oxygen atoms in total. The van der Waals surface area contributed by atoms with Crippen LogP contribution in [0.2, 0.25) is 0 Å². The number of oxime groups is 1. The van der Waals surface area contributed by atoms with E-state index in [1.165, 1.54) is 37.8 Å². The molecule has 0 amide bonds. The molecule has 1 aliphatic carbocycles. The summed E-state index contributed by atoms with van der Waals surface area (Å²) in [7, 11) is 0. The van der Waals surface area contributed by atoms with E-state index in [-0.39, 0.29) is 11.7 Å². The van der Waals surface area contributed by atoms with E-state index < -0.39 is 0 Å². The van der Waals surface area contributed by atoms with Gasteiger partial charge >= 0.3 is 0 Å². The van der Waals surface area contributed by atoms with Crippen LogP contribution in [0.3, 0.4) is 0 Å². The van der Waals surface area contributed by atoms with Crippen molar-refractivity contribution in [2.75, 3.05) is 5.75 Å². The van der Waals surface area contributed by atoms with E-state index in [1.807, 2.05) is 0 Å². The standard InChI is InChI=1S/C13H17FN2OS/c14-10-5-6-12(11(7-10)13(15)16-17)18-8-9-3-1-2-4-9/h5-7,9,17H,1-4,8H2,(H2,15,16). The van der Waals surface area contributed by atoms with Crippen molar-refractivity contribution in [1.82, 2.24) is 0 Å². The lowest BCUT2D eigenvalue weighted by molar-refractivity contribution is 0.318. The predicted molar refractivity (Wildman–Crippen MR) is 71.6 cm³/mol. The molecular formula is C13H17FN2OS. The van der Waals surface area contributed by atoms with Crippen molar-refractivity contribution in [3.8, 4) is 0 Å². The first kappa shape index (κ1) is 13.2. The molecule has 2 rings (SSSR count). The van der Waals surface area contributed by atoms with Crippen LogP contribution in [0.25, 0.3) is 0 Å². The average molecular weight is 268 g/mol. The molecule has 3 N–H and O–H groups in total. The number of halogens is 1. The van der Waals surface area contributed by atoms with Crippen LogP contribution in [0.1, 0.15) is 31.2 Å². The van der Waals surface area contributed by atoms with Crippen molar-refractivity contribution in [3.05, 3.63) is 29.6 Å². The Morgan fingerprint density at radius 1 is 1.44 bits per heavy atom. The first-order chi connectivity index (χ1) is 8.70. The van der Waals surface area contributed by atoms with Gasteiger partial charge in [-0.1, -0.05) is 18.0 Å². The second-order valence-electron chi connectivity index (χ2n) is 4.59. The van der Waals surface area contributed by atoms with Crippen LogP contribution in [0.15, 0.2) is 28.3 Å². The van der Waals surface area contributed by atoms with E-state index in [4.69, 9.17) is 10.9 Å². The fraction of sp³-hybridized carbons (Fsp3) is 0.462. The normalized spacial score (nSPS) is 17.3. The van der Waals surface area contributed by atoms with Crippen molar-refractivity contribution in [2.24, 2.45) is 16.8 Å². The molecule has 1 saturated carbocycles. The molecule has 0 radical (unpaired) electrons. The molecule has 18 heavy (non-hydrogen) atoms. The van der Waals surface area contributed by atoms with Crippen molar-refractivity contribution in [2.45, 2.75) is 30.6 Å². The Balaban J connectivity index is 2.10. The number of nitrogens with two attached hydrogens (primary N) is 1. The minimum absolute atomic E-state index is 0.0385. The third kappa shape index (κ3) is 3.16. The summed E-state index contributed by atoms with van der Waals surface area (Å²) in [5.74, 6) is 1.34. The molecule has 1 aliphatic rings. The number of thioether (sulfide) groups is 1. The summed E-state index contributed by atoms with van der Waals surface area (Å²) >= 11 is 1.66. The Bertz CT molecular complexity index is 445. The van der Waals surface area contributed by atoms with E-state index in [0.717, 1.165) is 16.6 Å².